The number of hydrogen-bond acceptors (Lipinski definition) is 5. The van der Waals surface area contributed by atoms with Crippen molar-refractivity contribution in [3.8, 4) is 22.6 Å². The Balaban J connectivity index is 1.43. The Labute approximate surface area is 168 Å². The minimum absolute atomic E-state index is 0.255. The van der Waals surface area contributed by atoms with Crippen LogP contribution in [0.2, 0.25) is 0 Å². The number of aromatic amines is 1. The number of amides is 1. The van der Waals surface area contributed by atoms with Gasteiger partial charge >= 0.3 is 0 Å². The van der Waals surface area contributed by atoms with E-state index in [4.69, 9.17) is 0 Å². The van der Waals surface area contributed by atoms with Crippen LogP contribution in [-0.2, 0) is 6.54 Å². The van der Waals surface area contributed by atoms with Crippen molar-refractivity contribution in [3.63, 3.8) is 0 Å². The molecule has 0 radical (unpaired) electrons. The van der Waals surface area contributed by atoms with Crippen molar-refractivity contribution in [2.45, 2.75) is 20.4 Å². The molecular weight excluding hydrogens is 364 g/mol. The average molecular weight is 384 g/mol. The number of pyridine rings is 3. The number of H-pyrrole nitrogens is 1. The summed E-state index contributed by atoms with van der Waals surface area (Å²) < 4.78 is 0. The van der Waals surface area contributed by atoms with Gasteiger partial charge in [0.05, 0.1) is 17.1 Å². The number of rotatable bonds is 5. The average Bonchev–Trinajstić information content (AvgIpc) is 3.23. The van der Waals surface area contributed by atoms with Crippen molar-refractivity contribution in [3.05, 3.63) is 83.6 Å². The molecule has 0 fully saturated rings. The molecule has 0 aliphatic carbocycles. The predicted octanol–water partition coefficient (Wildman–Crippen LogP) is 3.48. The molecule has 0 saturated heterocycles. The Morgan fingerprint density at radius 1 is 1.03 bits per heavy atom. The fraction of sp³-hybridized carbons (Fsp3) is 0.136. The maximum absolute atomic E-state index is 12.4. The first-order chi connectivity index (χ1) is 14.1. The van der Waals surface area contributed by atoms with E-state index in [0.717, 1.165) is 33.8 Å². The van der Waals surface area contributed by atoms with Crippen LogP contribution >= 0.6 is 0 Å². The van der Waals surface area contributed by atoms with E-state index in [-0.39, 0.29) is 5.91 Å². The maximum Gasteiger partial charge on any atom is 0.272 e. The Bertz CT molecular complexity index is 1150. The summed E-state index contributed by atoms with van der Waals surface area (Å²) in [5, 5.41) is 9.82. The van der Waals surface area contributed by atoms with Crippen LogP contribution in [0.3, 0.4) is 0 Å². The molecule has 0 bridgehead atoms. The summed E-state index contributed by atoms with van der Waals surface area (Å²) >= 11 is 0. The number of aryl methyl sites for hydroxylation is 2. The topological polar surface area (TPSA) is 96.5 Å². The molecule has 1 amide bonds. The molecule has 0 aromatic carbocycles. The Morgan fingerprint density at radius 3 is 2.69 bits per heavy atom. The van der Waals surface area contributed by atoms with E-state index in [1.807, 2.05) is 50.2 Å². The molecular formula is C22H20N6O. The molecule has 0 unspecified atom stereocenters. The number of nitrogens with one attached hydrogen (secondary N) is 2. The molecule has 4 aromatic rings. The number of nitrogens with zero attached hydrogens (tertiary/aromatic N) is 4. The molecule has 0 spiro atoms. The predicted molar refractivity (Wildman–Crippen MR) is 110 cm³/mol. The van der Waals surface area contributed by atoms with Crippen molar-refractivity contribution in [2.24, 2.45) is 0 Å². The third-order valence-electron chi connectivity index (χ3n) is 4.51. The molecule has 0 atom stereocenters. The van der Waals surface area contributed by atoms with Crippen molar-refractivity contribution in [2.75, 3.05) is 0 Å². The van der Waals surface area contributed by atoms with Crippen LogP contribution in [-0.4, -0.2) is 31.1 Å². The van der Waals surface area contributed by atoms with E-state index in [1.54, 1.807) is 24.7 Å². The molecule has 0 aliphatic rings. The smallest absolute Gasteiger partial charge is 0.272 e. The molecule has 0 aliphatic heterocycles. The summed E-state index contributed by atoms with van der Waals surface area (Å²) in [6.45, 7) is 4.33. The van der Waals surface area contributed by atoms with Crippen LogP contribution in [0.5, 0.6) is 0 Å². The van der Waals surface area contributed by atoms with Gasteiger partial charge < -0.3 is 5.32 Å². The van der Waals surface area contributed by atoms with Gasteiger partial charge in [0.2, 0.25) is 0 Å². The minimum atomic E-state index is -0.255. The quantitative estimate of drug-likeness (QED) is 0.549. The van der Waals surface area contributed by atoms with E-state index in [1.165, 1.54) is 0 Å². The molecule has 0 saturated carbocycles. The van der Waals surface area contributed by atoms with E-state index in [2.05, 4.69) is 30.5 Å². The summed E-state index contributed by atoms with van der Waals surface area (Å²) in [5.41, 5.74) is 6.61. The third-order valence-corrected chi connectivity index (χ3v) is 4.51. The highest BCUT2D eigenvalue weighted by Gasteiger charge is 2.12. The first-order valence-electron chi connectivity index (χ1n) is 9.24. The third kappa shape index (κ3) is 4.19. The maximum atomic E-state index is 12.4. The molecule has 2 N–H and O–H groups in total. The van der Waals surface area contributed by atoms with Gasteiger partial charge in [0.1, 0.15) is 0 Å². The lowest BCUT2D eigenvalue weighted by Gasteiger charge is -2.09. The van der Waals surface area contributed by atoms with Crippen LogP contribution in [0.1, 0.15) is 27.3 Å². The van der Waals surface area contributed by atoms with Crippen molar-refractivity contribution >= 4 is 5.91 Å². The van der Waals surface area contributed by atoms with Gasteiger partial charge in [0.25, 0.3) is 5.91 Å². The van der Waals surface area contributed by atoms with Crippen LogP contribution < -0.4 is 5.32 Å². The summed E-state index contributed by atoms with van der Waals surface area (Å²) in [4.78, 5) is 25.5. The zero-order chi connectivity index (χ0) is 20.2. The van der Waals surface area contributed by atoms with Gasteiger partial charge in [0.15, 0.2) is 5.69 Å². The largest absolute Gasteiger partial charge is 0.347 e. The highest BCUT2D eigenvalue weighted by atomic mass is 16.1. The zero-order valence-corrected chi connectivity index (χ0v) is 16.2. The van der Waals surface area contributed by atoms with E-state index < -0.39 is 0 Å². The molecule has 4 rings (SSSR count). The monoisotopic (exact) mass is 384 g/mol. The Kier molecular flexibility index (Phi) is 5.11. The summed E-state index contributed by atoms with van der Waals surface area (Å²) in [6.07, 6.45) is 5.26. The van der Waals surface area contributed by atoms with Gasteiger partial charge in [-0.2, -0.15) is 5.10 Å². The van der Waals surface area contributed by atoms with Gasteiger partial charge in [-0.05, 0) is 55.3 Å². The van der Waals surface area contributed by atoms with Gasteiger partial charge in [-0.3, -0.25) is 24.8 Å². The van der Waals surface area contributed by atoms with Crippen molar-refractivity contribution in [1.82, 2.24) is 30.5 Å². The SMILES string of the molecule is Cc1cc(-c2ncc(CNC(=O)c3cc(-c4ccccn4)[nH]n3)cc2C)ccn1. The lowest BCUT2D eigenvalue weighted by Crippen LogP contribution is -2.23. The zero-order valence-electron chi connectivity index (χ0n) is 16.2. The fourth-order valence-electron chi connectivity index (χ4n) is 3.09. The first-order valence-corrected chi connectivity index (χ1v) is 9.24. The van der Waals surface area contributed by atoms with Gasteiger partial charge in [-0.1, -0.05) is 12.1 Å². The summed E-state index contributed by atoms with van der Waals surface area (Å²) in [6, 6.07) is 13.3. The van der Waals surface area contributed by atoms with Crippen molar-refractivity contribution in [1.29, 1.82) is 0 Å². The van der Waals surface area contributed by atoms with E-state index >= 15 is 0 Å². The van der Waals surface area contributed by atoms with Crippen LogP contribution in [0.4, 0.5) is 0 Å². The standard InChI is InChI=1S/C22H20N6O/c1-14-9-16(12-25-21(14)17-6-8-23-15(2)10-17)13-26-22(29)20-11-19(27-28-20)18-5-3-4-7-24-18/h3-12H,13H2,1-2H3,(H,26,29)(H,27,28). The number of aromatic nitrogens is 5. The van der Waals surface area contributed by atoms with E-state index in [0.29, 0.717) is 17.9 Å². The van der Waals surface area contributed by atoms with Gasteiger partial charge in [-0.15, -0.1) is 0 Å². The number of carbonyl (C=O) groups excluding carboxylic acids is 1. The Hall–Kier alpha value is -3.87. The second-order valence-corrected chi connectivity index (χ2v) is 6.76. The number of carbonyl (C=O) groups is 1. The minimum Gasteiger partial charge on any atom is -0.347 e. The second kappa shape index (κ2) is 8.02. The summed E-state index contributed by atoms with van der Waals surface area (Å²) in [7, 11) is 0. The van der Waals surface area contributed by atoms with Gasteiger partial charge in [0, 0.05) is 36.4 Å². The fourth-order valence-corrected chi connectivity index (χ4v) is 3.09. The molecule has 4 heterocycles. The lowest BCUT2D eigenvalue weighted by molar-refractivity contribution is 0.0946. The van der Waals surface area contributed by atoms with Crippen LogP contribution in [0.25, 0.3) is 22.6 Å². The normalized spacial score (nSPS) is 10.7. The molecule has 4 aromatic heterocycles. The molecule has 7 heteroatoms. The van der Waals surface area contributed by atoms with E-state index in [9.17, 15) is 4.79 Å². The highest BCUT2D eigenvalue weighted by molar-refractivity contribution is 5.93. The van der Waals surface area contributed by atoms with Crippen LogP contribution in [0, 0.1) is 13.8 Å². The second-order valence-electron chi connectivity index (χ2n) is 6.76. The number of hydrogen-bond donors (Lipinski definition) is 2. The molecule has 7 nitrogen and oxygen atoms in total. The molecule has 29 heavy (non-hydrogen) atoms. The van der Waals surface area contributed by atoms with Gasteiger partial charge in [-0.25, -0.2) is 0 Å². The highest BCUT2D eigenvalue weighted by Crippen LogP contribution is 2.22. The van der Waals surface area contributed by atoms with Crippen LogP contribution in [0.15, 0.2) is 61.1 Å². The lowest BCUT2D eigenvalue weighted by atomic mass is 10.1. The van der Waals surface area contributed by atoms with Crippen molar-refractivity contribution < 1.29 is 4.79 Å². The molecule has 144 valence electrons. The first kappa shape index (κ1) is 18.5. The summed E-state index contributed by atoms with van der Waals surface area (Å²) in [5.74, 6) is -0.255. The Morgan fingerprint density at radius 2 is 1.93 bits per heavy atom.